The van der Waals surface area contributed by atoms with Crippen molar-refractivity contribution in [3.8, 4) is 0 Å². The second kappa shape index (κ2) is 17.7. The number of nitrogens with two attached hydrogens (primary N) is 1. The van der Waals surface area contributed by atoms with Crippen molar-refractivity contribution in [3.63, 3.8) is 0 Å². The molecule has 0 radical (unpaired) electrons. The van der Waals surface area contributed by atoms with Gasteiger partial charge in [-0.3, -0.25) is 0 Å². The molecule has 0 saturated heterocycles. The Balaban J connectivity index is 3.30. The van der Waals surface area contributed by atoms with Gasteiger partial charge in [-0.15, -0.1) is 0 Å². The van der Waals surface area contributed by atoms with Crippen LogP contribution in [0, 0.1) is 0 Å². The summed E-state index contributed by atoms with van der Waals surface area (Å²) in [6.45, 7) is 8.67. The maximum absolute atomic E-state index is 5.76. The highest BCUT2D eigenvalue weighted by atomic mass is 15.0. The fraction of sp³-hybridized carbons (Fsp3) is 1.00. The highest BCUT2D eigenvalue weighted by Gasteiger charge is 2.20. The van der Waals surface area contributed by atoms with Gasteiger partial charge in [0.1, 0.15) is 0 Å². The summed E-state index contributed by atoms with van der Waals surface area (Å²) in [7, 11) is 0. The zero-order valence-electron chi connectivity index (χ0n) is 17.3. The molecule has 1 unspecified atom stereocenters. The molecule has 0 aliphatic carbocycles. The van der Waals surface area contributed by atoms with Gasteiger partial charge in [0.2, 0.25) is 0 Å². The van der Waals surface area contributed by atoms with E-state index in [1.165, 1.54) is 96.3 Å². The van der Waals surface area contributed by atoms with E-state index in [0.717, 1.165) is 19.5 Å². The first-order valence-corrected chi connectivity index (χ1v) is 11.1. The van der Waals surface area contributed by atoms with Crippen LogP contribution in [-0.2, 0) is 0 Å². The van der Waals surface area contributed by atoms with Crippen LogP contribution in [0.4, 0.5) is 0 Å². The topological polar surface area (TPSA) is 38.0 Å². The Labute approximate surface area is 153 Å². The normalized spacial score (nSPS) is 14.0. The molecule has 2 nitrogen and oxygen atoms in total. The Morgan fingerprint density at radius 3 is 1.42 bits per heavy atom. The van der Waals surface area contributed by atoms with Gasteiger partial charge in [0.25, 0.3) is 0 Å². The minimum Gasteiger partial charge on any atom is -0.330 e. The molecule has 0 saturated carbocycles. The summed E-state index contributed by atoms with van der Waals surface area (Å²) in [5.74, 6) is 0. The number of unbranched alkanes of at least 4 members (excludes halogenated alkanes) is 13. The number of hydrogen-bond donors (Lipinski definition) is 2. The maximum Gasteiger partial charge on any atom is 0.0165 e. The Kier molecular flexibility index (Phi) is 17.7. The van der Waals surface area contributed by atoms with Crippen LogP contribution in [0.15, 0.2) is 0 Å². The van der Waals surface area contributed by atoms with Crippen molar-refractivity contribution in [2.45, 2.75) is 129 Å². The summed E-state index contributed by atoms with van der Waals surface area (Å²) in [5.41, 5.74) is 6.02. The number of hydrogen-bond acceptors (Lipinski definition) is 2. The molecule has 0 amide bonds. The zero-order valence-corrected chi connectivity index (χ0v) is 17.3. The predicted molar refractivity (Wildman–Crippen MR) is 111 cm³/mol. The van der Waals surface area contributed by atoms with Crippen molar-refractivity contribution < 1.29 is 0 Å². The molecular weight excluding hydrogens is 292 g/mol. The fourth-order valence-electron chi connectivity index (χ4n) is 3.76. The van der Waals surface area contributed by atoms with Crippen LogP contribution in [0.25, 0.3) is 0 Å². The van der Waals surface area contributed by atoms with Crippen LogP contribution in [0.1, 0.15) is 124 Å². The zero-order chi connectivity index (χ0) is 17.9. The van der Waals surface area contributed by atoms with E-state index >= 15 is 0 Å². The van der Waals surface area contributed by atoms with E-state index in [4.69, 9.17) is 5.73 Å². The summed E-state index contributed by atoms with van der Waals surface area (Å²) >= 11 is 0. The van der Waals surface area contributed by atoms with Crippen molar-refractivity contribution >= 4 is 0 Å². The molecule has 0 heterocycles. The van der Waals surface area contributed by atoms with Gasteiger partial charge in [-0.1, -0.05) is 104 Å². The van der Waals surface area contributed by atoms with Crippen molar-refractivity contribution in [2.24, 2.45) is 5.73 Å². The van der Waals surface area contributed by atoms with Gasteiger partial charge < -0.3 is 11.1 Å². The molecule has 0 bridgehead atoms. The quantitative estimate of drug-likeness (QED) is 0.261. The minimum atomic E-state index is 0.265. The van der Waals surface area contributed by atoms with Crippen LogP contribution < -0.4 is 11.1 Å². The van der Waals surface area contributed by atoms with Gasteiger partial charge in [0.05, 0.1) is 0 Å². The maximum atomic E-state index is 5.76. The number of nitrogens with one attached hydrogen (secondary N) is 1. The first-order valence-electron chi connectivity index (χ1n) is 11.1. The summed E-state index contributed by atoms with van der Waals surface area (Å²) < 4.78 is 0. The van der Waals surface area contributed by atoms with Gasteiger partial charge in [0.15, 0.2) is 0 Å². The Hall–Kier alpha value is -0.0800. The fourth-order valence-corrected chi connectivity index (χ4v) is 3.76. The molecule has 2 heteroatoms. The van der Waals surface area contributed by atoms with Crippen molar-refractivity contribution in [2.75, 3.05) is 13.1 Å². The molecule has 24 heavy (non-hydrogen) atoms. The second-order valence-electron chi connectivity index (χ2n) is 7.98. The van der Waals surface area contributed by atoms with Crippen molar-refractivity contribution in [1.29, 1.82) is 0 Å². The van der Waals surface area contributed by atoms with E-state index in [-0.39, 0.29) is 5.54 Å². The van der Waals surface area contributed by atoms with Crippen molar-refractivity contribution in [1.82, 2.24) is 5.32 Å². The highest BCUT2D eigenvalue weighted by molar-refractivity contribution is 4.82. The van der Waals surface area contributed by atoms with E-state index in [9.17, 15) is 0 Å². The second-order valence-corrected chi connectivity index (χ2v) is 7.98. The third-order valence-corrected chi connectivity index (χ3v) is 5.38. The molecule has 0 rings (SSSR count). The first-order chi connectivity index (χ1) is 11.7. The minimum absolute atomic E-state index is 0.265. The van der Waals surface area contributed by atoms with Gasteiger partial charge in [-0.05, 0) is 32.9 Å². The lowest BCUT2D eigenvalue weighted by Crippen LogP contribution is -2.43. The van der Waals surface area contributed by atoms with Crippen LogP contribution in [-0.4, -0.2) is 18.6 Å². The van der Waals surface area contributed by atoms with Gasteiger partial charge in [0, 0.05) is 5.54 Å². The molecule has 146 valence electrons. The average Bonchev–Trinajstić information content (AvgIpc) is 2.55. The van der Waals surface area contributed by atoms with Crippen LogP contribution >= 0.6 is 0 Å². The molecule has 0 aromatic carbocycles. The Morgan fingerprint density at radius 2 is 1.04 bits per heavy atom. The largest absolute Gasteiger partial charge is 0.330 e. The van der Waals surface area contributed by atoms with E-state index < -0.39 is 0 Å². The van der Waals surface area contributed by atoms with E-state index in [2.05, 4.69) is 26.1 Å². The van der Waals surface area contributed by atoms with Gasteiger partial charge >= 0.3 is 0 Å². The van der Waals surface area contributed by atoms with E-state index in [1.807, 2.05) is 0 Å². The molecule has 3 N–H and O–H groups in total. The standard InChI is InChI=1S/C22H48N2/c1-4-6-7-8-9-10-11-12-13-14-15-16-17-18-19-22(3,20-21-23)24-5-2/h24H,4-21,23H2,1-3H3. The van der Waals surface area contributed by atoms with Crippen LogP contribution in [0.3, 0.4) is 0 Å². The highest BCUT2D eigenvalue weighted by Crippen LogP contribution is 2.19. The summed E-state index contributed by atoms with van der Waals surface area (Å²) in [5, 5.41) is 3.63. The predicted octanol–water partition coefficient (Wildman–Crippen LogP) is 6.57. The lowest BCUT2D eigenvalue weighted by atomic mass is 9.90. The van der Waals surface area contributed by atoms with Gasteiger partial charge in [-0.25, -0.2) is 0 Å². The van der Waals surface area contributed by atoms with Gasteiger partial charge in [-0.2, -0.15) is 0 Å². The Bertz CT molecular complexity index is 234. The molecular formula is C22H48N2. The van der Waals surface area contributed by atoms with E-state index in [1.54, 1.807) is 0 Å². The first kappa shape index (κ1) is 23.9. The SMILES string of the molecule is CCCCCCCCCCCCCCCCC(C)(CCN)NCC. The summed E-state index contributed by atoms with van der Waals surface area (Å²) in [4.78, 5) is 0. The molecule has 0 spiro atoms. The van der Waals surface area contributed by atoms with Crippen LogP contribution in [0.2, 0.25) is 0 Å². The smallest absolute Gasteiger partial charge is 0.0165 e. The molecule has 0 aromatic rings. The molecule has 1 atom stereocenters. The molecule has 0 aliphatic rings. The Morgan fingerprint density at radius 1 is 0.625 bits per heavy atom. The molecule has 0 aliphatic heterocycles. The van der Waals surface area contributed by atoms with Crippen molar-refractivity contribution in [3.05, 3.63) is 0 Å². The average molecular weight is 341 g/mol. The molecule has 0 fully saturated rings. The number of rotatable bonds is 19. The third-order valence-electron chi connectivity index (χ3n) is 5.38. The van der Waals surface area contributed by atoms with E-state index in [0.29, 0.717) is 0 Å². The summed E-state index contributed by atoms with van der Waals surface area (Å²) in [6.07, 6.45) is 22.4. The molecule has 0 aromatic heterocycles. The third kappa shape index (κ3) is 15.4. The lowest BCUT2D eigenvalue weighted by molar-refractivity contribution is 0.307. The monoisotopic (exact) mass is 340 g/mol. The summed E-state index contributed by atoms with van der Waals surface area (Å²) in [6, 6.07) is 0. The van der Waals surface area contributed by atoms with Crippen LogP contribution in [0.5, 0.6) is 0 Å². The lowest BCUT2D eigenvalue weighted by Gasteiger charge is -2.30.